The zero-order valence-electron chi connectivity index (χ0n) is 6.90. The molecular formula is C8H8BrClN2S. The van der Waals surface area contributed by atoms with Gasteiger partial charge in [-0.05, 0) is 52.8 Å². The Kier molecular flexibility index (Phi) is 3.53. The molecule has 0 saturated carbocycles. The van der Waals surface area contributed by atoms with Crippen molar-refractivity contribution in [3.8, 4) is 0 Å². The van der Waals surface area contributed by atoms with Crippen LogP contribution in [-0.4, -0.2) is 5.11 Å². The van der Waals surface area contributed by atoms with E-state index < -0.39 is 0 Å². The summed E-state index contributed by atoms with van der Waals surface area (Å²) in [6, 6.07) is 3.71. The van der Waals surface area contributed by atoms with Crippen LogP contribution >= 0.6 is 39.7 Å². The number of nitrogens with one attached hydrogen (secondary N) is 1. The lowest BCUT2D eigenvalue weighted by molar-refractivity contribution is 1.43. The van der Waals surface area contributed by atoms with E-state index in [2.05, 4.69) is 21.2 Å². The first-order valence-electron chi connectivity index (χ1n) is 3.53. The van der Waals surface area contributed by atoms with E-state index >= 15 is 0 Å². The maximum Gasteiger partial charge on any atom is 0.168 e. The lowest BCUT2D eigenvalue weighted by atomic mass is 10.2. The van der Waals surface area contributed by atoms with E-state index in [1.807, 2.05) is 19.1 Å². The molecule has 0 amide bonds. The van der Waals surface area contributed by atoms with Gasteiger partial charge in [-0.1, -0.05) is 11.6 Å². The zero-order valence-corrected chi connectivity index (χ0v) is 10.1. The molecule has 0 bridgehead atoms. The molecule has 1 aromatic carbocycles. The lowest BCUT2D eigenvalue weighted by Gasteiger charge is -2.09. The molecule has 0 aliphatic rings. The molecular weight excluding hydrogens is 272 g/mol. The normalized spacial score (nSPS) is 9.77. The summed E-state index contributed by atoms with van der Waals surface area (Å²) in [5.41, 5.74) is 7.10. The summed E-state index contributed by atoms with van der Waals surface area (Å²) >= 11 is 14.0. The number of halogens is 2. The van der Waals surface area contributed by atoms with Crippen LogP contribution in [0.4, 0.5) is 5.69 Å². The van der Waals surface area contributed by atoms with Crippen LogP contribution in [0.1, 0.15) is 5.56 Å². The molecule has 0 radical (unpaired) electrons. The Morgan fingerprint density at radius 2 is 2.23 bits per heavy atom. The van der Waals surface area contributed by atoms with Gasteiger partial charge in [-0.3, -0.25) is 0 Å². The van der Waals surface area contributed by atoms with Crippen molar-refractivity contribution in [1.29, 1.82) is 0 Å². The highest BCUT2D eigenvalue weighted by atomic mass is 79.9. The van der Waals surface area contributed by atoms with E-state index in [1.54, 1.807) is 0 Å². The van der Waals surface area contributed by atoms with Crippen molar-refractivity contribution < 1.29 is 0 Å². The third-order valence-corrected chi connectivity index (χ3v) is 3.08. The van der Waals surface area contributed by atoms with Gasteiger partial charge in [-0.25, -0.2) is 0 Å². The van der Waals surface area contributed by atoms with E-state index in [0.717, 1.165) is 15.7 Å². The average Bonchev–Trinajstić information content (AvgIpc) is 2.06. The molecule has 0 saturated heterocycles. The smallest absolute Gasteiger partial charge is 0.168 e. The number of hydrogen-bond donors (Lipinski definition) is 2. The second kappa shape index (κ2) is 4.26. The van der Waals surface area contributed by atoms with Gasteiger partial charge in [0.15, 0.2) is 5.11 Å². The van der Waals surface area contributed by atoms with Gasteiger partial charge in [0, 0.05) is 10.2 Å². The largest absolute Gasteiger partial charge is 0.376 e. The van der Waals surface area contributed by atoms with E-state index in [1.165, 1.54) is 0 Å². The van der Waals surface area contributed by atoms with Gasteiger partial charge in [-0.15, -0.1) is 0 Å². The van der Waals surface area contributed by atoms with E-state index in [9.17, 15) is 0 Å². The van der Waals surface area contributed by atoms with Crippen molar-refractivity contribution >= 4 is 50.5 Å². The third kappa shape index (κ3) is 2.56. The van der Waals surface area contributed by atoms with Crippen LogP contribution in [0.25, 0.3) is 0 Å². The quantitative estimate of drug-likeness (QED) is 0.776. The molecule has 0 aliphatic carbocycles. The van der Waals surface area contributed by atoms with Crippen LogP contribution in [0.3, 0.4) is 0 Å². The van der Waals surface area contributed by atoms with Crippen molar-refractivity contribution in [2.24, 2.45) is 5.73 Å². The predicted molar refractivity (Wildman–Crippen MR) is 64.3 cm³/mol. The van der Waals surface area contributed by atoms with Gasteiger partial charge < -0.3 is 11.1 Å². The van der Waals surface area contributed by atoms with Gasteiger partial charge >= 0.3 is 0 Å². The number of anilines is 1. The molecule has 70 valence electrons. The summed E-state index contributed by atoms with van der Waals surface area (Å²) in [5.74, 6) is 0. The van der Waals surface area contributed by atoms with Crippen LogP contribution in [0, 0.1) is 6.92 Å². The first kappa shape index (κ1) is 10.8. The molecule has 0 fully saturated rings. The summed E-state index contributed by atoms with van der Waals surface area (Å²) in [6.07, 6.45) is 0. The molecule has 1 aromatic rings. The average molecular weight is 280 g/mol. The Balaban J connectivity index is 3.10. The van der Waals surface area contributed by atoms with E-state index in [4.69, 9.17) is 29.6 Å². The van der Waals surface area contributed by atoms with Gasteiger partial charge in [0.1, 0.15) is 0 Å². The molecule has 0 aliphatic heterocycles. The van der Waals surface area contributed by atoms with Crippen LogP contribution in [0.15, 0.2) is 16.6 Å². The molecule has 0 aromatic heterocycles. The number of hydrogen-bond acceptors (Lipinski definition) is 1. The lowest BCUT2D eigenvalue weighted by Crippen LogP contribution is -2.19. The monoisotopic (exact) mass is 278 g/mol. The SMILES string of the molecule is Cc1c(NC(N)=S)ccc(Br)c1Cl. The Morgan fingerprint density at radius 3 is 2.77 bits per heavy atom. The van der Waals surface area contributed by atoms with Crippen molar-refractivity contribution in [2.45, 2.75) is 6.92 Å². The molecule has 0 unspecified atom stereocenters. The minimum absolute atomic E-state index is 0.237. The minimum atomic E-state index is 0.237. The van der Waals surface area contributed by atoms with Crippen molar-refractivity contribution in [3.05, 3.63) is 27.2 Å². The van der Waals surface area contributed by atoms with Gasteiger partial charge in [0.2, 0.25) is 0 Å². The number of rotatable bonds is 1. The molecule has 5 heteroatoms. The summed E-state index contributed by atoms with van der Waals surface area (Å²) in [5, 5.41) is 3.75. The second-order valence-electron chi connectivity index (χ2n) is 2.52. The van der Waals surface area contributed by atoms with Crippen molar-refractivity contribution in [3.63, 3.8) is 0 Å². The maximum absolute atomic E-state index is 6.00. The molecule has 0 heterocycles. The standard InChI is InChI=1S/C8H8BrClN2S/c1-4-6(12-8(11)13)3-2-5(9)7(4)10/h2-3H,1H3,(H3,11,12,13). The molecule has 2 nitrogen and oxygen atoms in total. The summed E-state index contributed by atoms with van der Waals surface area (Å²) in [4.78, 5) is 0. The molecule has 3 N–H and O–H groups in total. The van der Waals surface area contributed by atoms with Crippen LogP contribution < -0.4 is 11.1 Å². The Bertz CT molecular complexity index is 354. The zero-order chi connectivity index (χ0) is 10.0. The van der Waals surface area contributed by atoms with Crippen LogP contribution in [-0.2, 0) is 0 Å². The molecule has 0 atom stereocenters. The fourth-order valence-corrected chi connectivity index (χ4v) is 1.62. The van der Waals surface area contributed by atoms with Gasteiger partial charge in [0.05, 0.1) is 5.02 Å². The molecule has 13 heavy (non-hydrogen) atoms. The fourth-order valence-electron chi connectivity index (χ4n) is 0.920. The summed E-state index contributed by atoms with van der Waals surface area (Å²) in [6.45, 7) is 1.90. The highest BCUT2D eigenvalue weighted by Gasteiger charge is 2.05. The maximum atomic E-state index is 6.00. The molecule has 1 rings (SSSR count). The van der Waals surface area contributed by atoms with Gasteiger partial charge in [0.25, 0.3) is 0 Å². The van der Waals surface area contributed by atoms with E-state index in [0.29, 0.717) is 5.02 Å². The molecule has 0 spiro atoms. The highest BCUT2D eigenvalue weighted by molar-refractivity contribution is 9.10. The fraction of sp³-hybridized carbons (Fsp3) is 0.125. The summed E-state index contributed by atoms with van der Waals surface area (Å²) < 4.78 is 0.861. The Hall–Kier alpha value is -0.320. The predicted octanol–water partition coefficient (Wildman–Crippen LogP) is 3.07. The van der Waals surface area contributed by atoms with E-state index in [-0.39, 0.29) is 5.11 Å². The number of nitrogens with two attached hydrogens (primary N) is 1. The summed E-state index contributed by atoms with van der Waals surface area (Å²) in [7, 11) is 0. The number of thiocarbonyl (C=S) groups is 1. The first-order chi connectivity index (χ1) is 6.02. The van der Waals surface area contributed by atoms with Crippen LogP contribution in [0.2, 0.25) is 5.02 Å². The highest BCUT2D eigenvalue weighted by Crippen LogP contribution is 2.30. The van der Waals surface area contributed by atoms with Crippen molar-refractivity contribution in [1.82, 2.24) is 0 Å². The van der Waals surface area contributed by atoms with Crippen LogP contribution in [0.5, 0.6) is 0 Å². The Morgan fingerprint density at radius 1 is 1.62 bits per heavy atom. The minimum Gasteiger partial charge on any atom is -0.376 e. The number of benzene rings is 1. The first-order valence-corrected chi connectivity index (χ1v) is 5.11. The van der Waals surface area contributed by atoms with Gasteiger partial charge in [-0.2, -0.15) is 0 Å². The third-order valence-electron chi connectivity index (χ3n) is 1.60. The second-order valence-corrected chi connectivity index (χ2v) is 4.20. The van der Waals surface area contributed by atoms with Crippen molar-refractivity contribution in [2.75, 3.05) is 5.32 Å². The Labute approximate surface area is 95.6 Å². The topological polar surface area (TPSA) is 38.0 Å².